The fraction of sp³-hybridized carbons (Fsp3) is 0.176. The van der Waals surface area contributed by atoms with Crippen molar-refractivity contribution < 1.29 is 9.53 Å². The number of benzene rings is 2. The molecule has 1 N–H and O–H groups in total. The standard InChI is InChI=1S/C17H15BrN2O2S/c1-10-9-23-17(19-10)20-16(21)8-14-13-5-4-12(18)7-11(13)3-6-15(14)22-2/h3-7,9H,8H2,1-2H3,(H,19,20,21). The van der Waals surface area contributed by atoms with E-state index in [2.05, 4.69) is 26.2 Å². The molecule has 1 heterocycles. The van der Waals surface area contributed by atoms with Crippen molar-refractivity contribution in [2.45, 2.75) is 13.3 Å². The van der Waals surface area contributed by atoms with Gasteiger partial charge in [-0.3, -0.25) is 4.79 Å². The smallest absolute Gasteiger partial charge is 0.230 e. The number of thiazole rings is 1. The summed E-state index contributed by atoms with van der Waals surface area (Å²) in [5.41, 5.74) is 1.78. The number of fused-ring (bicyclic) bond motifs is 1. The molecule has 3 rings (SSSR count). The second kappa shape index (κ2) is 6.68. The van der Waals surface area contributed by atoms with Crippen LogP contribution in [0, 0.1) is 6.92 Å². The predicted molar refractivity (Wildman–Crippen MR) is 97.4 cm³/mol. The molecule has 0 bridgehead atoms. The van der Waals surface area contributed by atoms with Crippen molar-refractivity contribution in [1.29, 1.82) is 0 Å². The monoisotopic (exact) mass is 390 g/mol. The number of halogens is 1. The fourth-order valence-electron chi connectivity index (χ4n) is 2.45. The Hall–Kier alpha value is -1.92. The summed E-state index contributed by atoms with van der Waals surface area (Å²) < 4.78 is 6.44. The molecule has 0 radical (unpaired) electrons. The van der Waals surface area contributed by atoms with E-state index in [1.807, 2.05) is 42.6 Å². The molecule has 0 aliphatic heterocycles. The van der Waals surface area contributed by atoms with Gasteiger partial charge in [-0.1, -0.05) is 28.1 Å². The third kappa shape index (κ3) is 3.54. The van der Waals surface area contributed by atoms with Gasteiger partial charge in [0.2, 0.25) is 5.91 Å². The minimum atomic E-state index is -0.104. The number of carbonyl (C=O) groups excluding carboxylic acids is 1. The van der Waals surface area contributed by atoms with Crippen LogP contribution in [0.4, 0.5) is 5.13 Å². The summed E-state index contributed by atoms with van der Waals surface area (Å²) in [6, 6.07) is 9.88. The van der Waals surface area contributed by atoms with Crippen molar-refractivity contribution in [2.24, 2.45) is 0 Å². The van der Waals surface area contributed by atoms with Gasteiger partial charge in [-0.05, 0) is 35.9 Å². The van der Waals surface area contributed by atoms with E-state index in [4.69, 9.17) is 4.74 Å². The summed E-state index contributed by atoms with van der Waals surface area (Å²) in [6.07, 6.45) is 0.237. The predicted octanol–water partition coefficient (Wildman–Crippen LogP) is 4.56. The van der Waals surface area contributed by atoms with E-state index in [0.29, 0.717) is 10.9 Å². The number of carbonyl (C=O) groups is 1. The summed E-state index contributed by atoms with van der Waals surface area (Å²) in [5.74, 6) is 0.610. The molecule has 0 saturated heterocycles. The van der Waals surface area contributed by atoms with Gasteiger partial charge >= 0.3 is 0 Å². The van der Waals surface area contributed by atoms with Crippen molar-refractivity contribution in [2.75, 3.05) is 12.4 Å². The Labute approximate surface area is 146 Å². The number of ether oxygens (including phenoxy) is 1. The van der Waals surface area contributed by atoms with E-state index in [0.717, 1.165) is 26.5 Å². The highest BCUT2D eigenvalue weighted by molar-refractivity contribution is 9.10. The molecule has 0 aliphatic carbocycles. The molecule has 1 aromatic heterocycles. The summed E-state index contributed by atoms with van der Waals surface area (Å²) in [6.45, 7) is 1.90. The van der Waals surface area contributed by atoms with Gasteiger partial charge in [0, 0.05) is 15.4 Å². The Kier molecular flexibility index (Phi) is 4.63. The number of methoxy groups -OCH3 is 1. The van der Waals surface area contributed by atoms with Gasteiger partial charge in [0.25, 0.3) is 0 Å². The van der Waals surface area contributed by atoms with Crippen LogP contribution in [0.2, 0.25) is 0 Å². The van der Waals surface area contributed by atoms with Gasteiger partial charge < -0.3 is 10.1 Å². The van der Waals surface area contributed by atoms with Crippen LogP contribution in [0.3, 0.4) is 0 Å². The van der Waals surface area contributed by atoms with Gasteiger partial charge in [0.1, 0.15) is 5.75 Å². The minimum absolute atomic E-state index is 0.104. The Morgan fingerprint density at radius 2 is 2.17 bits per heavy atom. The Morgan fingerprint density at radius 1 is 1.35 bits per heavy atom. The van der Waals surface area contributed by atoms with Crippen molar-refractivity contribution in [3.63, 3.8) is 0 Å². The lowest BCUT2D eigenvalue weighted by Crippen LogP contribution is -2.15. The molecule has 0 fully saturated rings. The van der Waals surface area contributed by atoms with E-state index in [1.54, 1.807) is 7.11 Å². The third-order valence-corrected chi connectivity index (χ3v) is 4.84. The molecule has 0 spiro atoms. The van der Waals surface area contributed by atoms with Gasteiger partial charge in [-0.25, -0.2) is 4.98 Å². The Bertz CT molecular complexity index is 876. The molecule has 0 aliphatic rings. The first-order valence-electron chi connectivity index (χ1n) is 7.04. The molecule has 118 valence electrons. The highest BCUT2D eigenvalue weighted by Gasteiger charge is 2.14. The molecule has 4 nitrogen and oxygen atoms in total. The van der Waals surface area contributed by atoms with E-state index in [9.17, 15) is 4.79 Å². The molecule has 1 amide bonds. The maximum atomic E-state index is 12.4. The van der Waals surface area contributed by atoms with Crippen LogP contribution in [0.15, 0.2) is 40.2 Å². The number of rotatable bonds is 4. The topological polar surface area (TPSA) is 51.2 Å². The Morgan fingerprint density at radius 3 is 2.87 bits per heavy atom. The fourth-order valence-corrected chi connectivity index (χ4v) is 3.54. The van der Waals surface area contributed by atoms with Crippen molar-refractivity contribution in [1.82, 2.24) is 4.98 Å². The van der Waals surface area contributed by atoms with Crippen LogP contribution in [0.25, 0.3) is 10.8 Å². The molecular formula is C17H15BrN2O2S. The summed E-state index contributed by atoms with van der Waals surface area (Å²) in [7, 11) is 1.62. The number of nitrogens with one attached hydrogen (secondary N) is 1. The van der Waals surface area contributed by atoms with Crippen molar-refractivity contribution in [3.05, 3.63) is 51.4 Å². The zero-order valence-corrected chi connectivity index (χ0v) is 15.1. The molecular weight excluding hydrogens is 376 g/mol. The average Bonchev–Trinajstić information content (AvgIpc) is 2.92. The van der Waals surface area contributed by atoms with Gasteiger partial charge in [-0.15, -0.1) is 11.3 Å². The number of amides is 1. The summed E-state index contributed by atoms with van der Waals surface area (Å²) >= 11 is 4.90. The molecule has 23 heavy (non-hydrogen) atoms. The maximum Gasteiger partial charge on any atom is 0.230 e. The van der Waals surface area contributed by atoms with Crippen molar-refractivity contribution in [3.8, 4) is 5.75 Å². The lowest BCUT2D eigenvalue weighted by Gasteiger charge is -2.12. The van der Waals surface area contributed by atoms with Crippen LogP contribution in [-0.4, -0.2) is 18.0 Å². The zero-order valence-electron chi connectivity index (χ0n) is 12.7. The van der Waals surface area contributed by atoms with Crippen LogP contribution >= 0.6 is 27.3 Å². The van der Waals surface area contributed by atoms with E-state index in [1.165, 1.54) is 11.3 Å². The maximum absolute atomic E-state index is 12.4. The first-order valence-corrected chi connectivity index (χ1v) is 8.71. The molecule has 0 saturated carbocycles. The minimum Gasteiger partial charge on any atom is -0.496 e. The van der Waals surface area contributed by atoms with Crippen molar-refractivity contribution >= 4 is 49.1 Å². The quantitative estimate of drug-likeness (QED) is 0.710. The normalized spacial score (nSPS) is 10.7. The zero-order chi connectivity index (χ0) is 16.4. The average molecular weight is 391 g/mol. The number of aryl methyl sites for hydroxylation is 1. The SMILES string of the molecule is COc1ccc2cc(Br)ccc2c1CC(=O)Nc1nc(C)cs1. The lowest BCUT2D eigenvalue weighted by molar-refractivity contribution is -0.115. The first kappa shape index (κ1) is 16.0. The van der Waals surface area contributed by atoms with Crippen LogP contribution in [0.1, 0.15) is 11.3 Å². The van der Waals surface area contributed by atoms with Crippen LogP contribution in [0.5, 0.6) is 5.75 Å². The number of hydrogen-bond donors (Lipinski definition) is 1. The molecule has 2 aromatic carbocycles. The lowest BCUT2D eigenvalue weighted by atomic mass is 10.0. The largest absolute Gasteiger partial charge is 0.496 e. The number of aromatic nitrogens is 1. The number of hydrogen-bond acceptors (Lipinski definition) is 4. The highest BCUT2D eigenvalue weighted by Crippen LogP contribution is 2.30. The molecule has 3 aromatic rings. The van der Waals surface area contributed by atoms with E-state index < -0.39 is 0 Å². The highest BCUT2D eigenvalue weighted by atomic mass is 79.9. The molecule has 0 atom stereocenters. The van der Waals surface area contributed by atoms with Gasteiger partial charge in [0.15, 0.2) is 5.13 Å². The summed E-state index contributed by atoms with van der Waals surface area (Å²) in [4.78, 5) is 16.6. The molecule has 0 unspecified atom stereocenters. The van der Waals surface area contributed by atoms with Gasteiger partial charge in [0.05, 0.1) is 19.2 Å². The second-order valence-corrected chi connectivity index (χ2v) is 6.90. The van der Waals surface area contributed by atoms with Crippen LogP contribution < -0.4 is 10.1 Å². The first-order chi connectivity index (χ1) is 11.1. The Balaban J connectivity index is 1.92. The third-order valence-electron chi connectivity index (χ3n) is 3.47. The van der Waals surface area contributed by atoms with Crippen LogP contribution in [-0.2, 0) is 11.2 Å². The molecule has 6 heteroatoms. The summed E-state index contributed by atoms with van der Waals surface area (Å²) in [5, 5.41) is 7.45. The van der Waals surface area contributed by atoms with E-state index in [-0.39, 0.29) is 12.3 Å². The van der Waals surface area contributed by atoms with E-state index >= 15 is 0 Å². The number of nitrogens with zero attached hydrogens (tertiary/aromatic N) is 1. The van der Waals surface area contributed by atoms with Gasteiger partial charge in [-0.2, -0.15) is 0 Å². The second-order valence-electron chi connectivity index (χ2n) is 5.13. The number of anilines is 1.